The summed E-state index contributed by atoms with van der Waals surface area (Å²) in [5, 5.41) is 12.1. The highest BCUT2D eigenvalue weighted by Gasteiger charge is 2.17. The maximum Gasteiger partial charge on any atom is 0.248 e. The van der Waals surface area contributed by atoms with Gasteiger partial charge in [0.1, 0.15) is 0 Å². The van der Waals surface area contributed by atoms with E-state index in [1.54, 1.807) is 34.9 Å². The van der Waals surface area contributed by atoms with Crippen LogP contribution in [0.25, 0.3) is 27.9 Å². The van der Waals surface area contributed by atoms with Crippen molar-refractivity contribution in [1.29, 1.82) is 0 Å². The number of nitrogens with two attached hydrogens (primary N) is 1. The first-order valence-corrected chi connectivity index (χ1v) is 9.41. The van der Waals surface area contributed by atoms with Crippen molar-refractivity contribution in [3.8, 4) is 11.3 Å². The van der Waals surface area contributed by atoms with E-state index in [0.717, 1.165) is 17.7 Å². The number of carbonyl (C=O) groups excluding carboxylic acids is 1. The van der Waals surface area contributed by atoms with Crippen LogP contribution in [0, 0.1) is 11.6 Å². The second-order valence-electron chi connectivity index (χ2n) is 6.82. The highest BCUT2D eigenvalue weighted by molar-refractivity contribution is 5.93. The number of carbonyl (C=O) groups is 1. The number of amides is 1. The lowest BCUT2D eigenvalue weighted by molar-refractivity contribution is 0.100. The summed E-state index contributed by atoms with van der Waals surface area (Å²) in [7, 11) is 0. The molecule has 0 aliphatic rings. The van der Waals surface area contributed by atoms with Gasteiger partial charge >= 0.3 is 0 Å². The number of hydrogen-bond acceptors (Lipinski definition) is 5. The number of halogens is 2. The van der Waals surface area contributed by atoms with Gasteiger partial charge in [-0.2, -0.15) is 0 Å². The van der Waals surface area contributed by atoms with Gasteiger partial charge in [0.15, 0.2) is 23.1 Å². The molecule has 2 aromatic carbocycles. The normalized spacial score (nSPS) is 11.3. The number of primary amides is 1. The molecule has 0 aliphatic carbocycles. The number of nitrogens with zero attached hydrogens (tertiary/aromatic N) is 3. The molecule has 0 unspecified atom stereocenters. The van der Waals surface area contributed by atoms with Crippen molar-refractivity contribution in [2.24, 2.45) is 5.73 Å². The van der Waals surface area contributed by atoms with Crippen molar-refractivity contribution in [3.05, 3.63) is 59.8 Å². The fraction of sp³-hybridized carbons (Fsp3) is 0.190. The molecule has 0 spiro atoms. The summed E-state index contributed by atoms with van der Waals surface area (Å²) in [5.41, 5.74) is 8.07. The molecule has 0 atom stereocenters. The molecule has 7 nitrogen and oxygen atoms in total. The minimum atomic E-state index is -0.993. The molecule has 154 valence electrons. The third-order valence-corrected chi connectivity index (χ3v) is 4.81. The van der Waals surface area contributed by atoms with E-state index >= 15 is 0 Å². The number of rotatable bonds is 7. The van der Waals surface area contributed by atoms with Gasteiger partial charge in [-0.25, -0.2) is 18.7 Å². The predicted octanol–water partition coefficient (Wildman–Crippen LogP) is 3.11. The number of hydrogen-bond donors (Lipinski definition) is 3. The minimum absolute atomic E-state index is 0.0849. The van der Waals surface area contributed by atoms with E-state index in [2.05, 4.69) is 15.3 Å². The van der Waals surface area contributed by atoms with E-state index in [1.807, 2.05) is 0 Å². The maximum atomic E-state index is 14.0. The van der Waals surface area contributed by atoms with Gasteiger partial charge in [-0.05, 0) is 25.0 Å². The summed E-state index contributed by atoms with van der Waals surface area (Å²) in [6.07, 6.45) is 2.95. The maximum absolute atomic E-state index is 14.0. The quantitative estimate of drug-likeness (QED) is 0.405. The number of anilines is 1. The number of benzene rings is 2. The summed E-state index contributed by atoms with van der Waals surface area (Å²) >= 11 is 0. The lowest BCUT2D eigenvalue weighted by Gasteiger charge is -2.12. The Morgan fingerprint density at radius 3 is 2.57 bits per heavy atom. The summed E-state index contributed by atoms with van der Waals surface area (Å²) in [6, 6.07) is 8.74. The summed E-state index contributed by atoms with van der Waals surface area (Å²) in [5.74, 6) is -2.10. The average molecular weight is 411 g/mol. The lowest BCUT2D eigenvalue weighted by atomic mass is 10.1. The summed E-state index contributed by atoms with van der Waals surface area (Å²) in [4.78, 5) is 20.2. The fourth-order valence-electron chi connectivity index (χ4n) is 3.30. The van der Waals surface area contributed by atoms with E-state index in [4.69, 9.17) is 10.8 Å². The van der Waals surface area contributed by atoms with Crippen molar-refractivity contribution >= 4 is 28.4 Å². The molecule has 0 bridgehead atoms. The number of fused-ring (bicyclic) bond motifs is 3. The number of nitrogens with one attached hydrogen (secondary N) is 1. The number of unbranched alkanes of at least 4 members (excludes halogenated alkanes) is 1. The van der Waals surface area contributed by atoms with E-state index in [0.29, 0.717) is 47.6 Å². The third-order valence-electron chi connectivity index (χ3n) is 4.81. The minimum Gasteiger partial charge on any atom is -0.396 e. The monoisotopic (exact) mass is 411 g/mol. The molecule has 4 rings (SSSR count). The van der Waals surface area contributed by atoms with Gasteiger partial charge in [0.2, 0.25) is 5.91 Å². The molecular weight excluding hydrogens is 392 g/mol. The Kier molecular flexibility index (Phi) is 5.28. The molecule has 4 N–H and O–H groups in total. The average Bonchev–Trinajstić information content (AvgIpc) is 3.18. The number of aliphatic hydroxyl groups is 1. The van der Waals surface area contributed by atoms with Gasteiger partial charge in [0, 0.05) is 36.4 Å². The predicted molar refractivity (Wildman–Crippen MR) is 109 cm³/mol. The lowest BCUT2D eigenvalue weighted by Crippen LogP contribution is -2.10. The largest absolute Gasteiger partial charge is 0.396 e. The fourth-order valence-corrected chi connectivity index (χ4v) is 3.30. The SMILES string of the molecule is NC(=O)c1ccc(-c2cnc3c(NCCCCO)nc4cc(F)c(F)cc4n23)cc1. The van der Waals surface area contributed by atoms with Crippen molar-refractivity contribution in [2.45, 2.75) is 12.8 Å². The third kappa shape index (κ3) is 3.55. The van der Waals surface area contributed by atoms with Gasteiger partial charge in [0.25, 0.3) is 0 Å². The number of aromatic nitrogens is 3. The van der Waals surface area contributed by atoms with Crippen molar-refractivity contribution in [2.75, 3.05) is 18.5 Å². The Balaban J connectivity index is 1.90. The van der Waals surface area contributed by atoms with Crippen LogP contribution < -0.4 is 11.1 Å². The molecule has 4 aromatic rings. The Bertz CT molecular complexity index is 1240. The standard InChI is InChI=1S/C21H19F2N5O2/c22-14-9-16-17(10-15(14)23)28-18(12-3-5-13(6-4-12)19(24)30)11-26-21(28)20(27-16)25-7-1-2-8-29/h3-6,9-11,29H,1-2,7-8H2,(H2,24,30)(H,25,27). The number of imidazole rings is 1. The van der Waals surface area contributed by atoms with Crippen LogP contribution in [0.1, 0.15) is 23.2 Å². The molecule has 0 fully saturated rings. The Morgan fingerprint density at radius 1 is 1.13 bits per heavy atom. The summed E-state index contributed by atoms with van der Waals surface area (Å²) in [6.45, 7) is 0.620. The number of aliphatic hydroxyl groups excluding tert-OH is 1. The van der Waals surface area contributed by atoms with Crippen LogP contribution in [0.5, 0.6) is 0 Å². The Labute approximate surface area is 170 Å². The molecule has 1 amide bonds. The second-order valence-corrected chi connectivity index (χ2v) is 6.82. The van der Waals surface area contributed by atoms with E-state index < -0.39 is 17.5 Å². The van der Waals surface area contributed by atoms with Crippen molar-refractivity contribution < 1.29 is 18.7 Å². The first kappa shape index (κ1) is 19.7. The van der Waals surface area contributed by atoms with Crippen LogP contribution in [0.4, 0.5) is 14.6 Å². The zero-order chi connectivity index (χ0) is 21.3. The van der Waals surface area contributed by atoms with Crippen LogP contribution >= 0.6 is 0 Å². The van der Waals surface area contributed by atoms with Gasteiger partial charge in [-0.1, -0.05) is 12.1 Å². The zero-order valence-electron chi connectivity index (χ0n) is 15.9. The first-order chi connectivity index (χ1) is 14.5. The van der Waals surface area contributed by atoms with E-state index in [-0.39, 0.29) is 12.1 Å². The second kappa shape index (κ2) is 8.03. The van der Waals surface area contributed by atoms with Gasteiger partial charge in [0.05, 0.1) is 22.9 Å². The smallest absolute Gasteiger partial charge is 0.248 e. The van der Waals surface area contributed by atoms with Gasteiger partial charge < -0.3 is 16.2 Å². The highest BCUT2D eigenvalue weighted by Crippen LogP contribution is 2.29. The molecule has 0 saturated heterocycles. The molecule has 0 radical (unpaired) electrons. The molecule has 30 heavy (non-hydrogen) atoms. The van der Waals surface area contributed by atoms with Gasteiger partial charge in [-0.3, -0.25) is 9.20 Å². The Morgan fingerprint density at radius 2 is 1.87 bits per heavy atom. The highest BCUT2D eigenvalue weighted by atomic mass is 19.2. The van der Waals surface area contributed by atoms with Crippen LogP contribution in [0.3, 0.4) is 0 Å². The molecule has 2 aromatic heterocycles. The zero-order valence-corrected chi connectivity index (χ0v) is 15.9. The summed E-state index contributed by atoms with van der Waals surface area (Å²) < 4.78 is 29.6. The van der Waals surface area contributed by atoms with E-state index in [9.17, 15) is 13.6 Å². The first-order valence-electron chi connectivity index (χ1n) is 9.41. The van der Waals surface area contributed by atoms with Crippen molar-refractivity contribution in [3.63, 3.8) is 0 Å². The molecular formula is C21H19F2N5O2. The molecule has 2 heterocycles. The molecule has 9 heteroatoms. The Hall–Kier alpha value is -3.59. The topological polar surface area (TPSA) is 106 Å². The van der Waals surface area contributed by atoms with Crippen LogP contribution in [-0.2, 0) is 0 Å². The van der Waals surface area contributed by atoms with Crippen LogP contribution in [0.15, 0.2) is 42.6 Å². The van der Waals surface area contributed by atoms with Gasteiger partial charge in [-0.15, -0.1) is 0 Å². The van der Waals surface area contributed by atoms with Crippen molar-refractivity contribution in [1.82, 2.24) is 14.4 Å². The van der Waals surface area contributed by atoms with E-state index in [1.165, 1.54) is 0 Å². The molecule has 0 saturated carbocycles. The van der Waals surface area contributed by atoms with Crippen LogP contribution in [0.2, 0.25) is 0 Å². The van der Waals surface area contributed by atoms with Crippen LogP contribution in [-0.4, -0.2) is 38.5 Å². The molecule has 0 aliphatic heterocycles.